The molecule has 0 aliphatic carbocycles. The molecule has 1 N–H and O–H groups in total. The fourth-order valence-corrected chi connectivity index (χ4v) is 4.79. The van der Waals surface area contributed by atoms with Crippen LogP contribution in [0.15, 0.2) is 54.6 Å². The van der Waals surface area contributed by atoms with Gasteiger partial charge in [0.05, 0.1) is 30.3 Å². The molecule has 4 aromatic rings. The number of fused-ring (bicyclic) bond motifs is 1. The average Bonchev–Trinajstić information content (AvgIpc) is 3.22. The number of aliphatic hydroxyl groups is 1. The van der Waals surface area contributed by atoms with Gasteiger partial charge in [-0.2, -0.15) is 13.2 Å². The number of aromatic nitrogens is 2. The van der Waals surface area contributed by atoms with Crippen LogP contribution in [-0.2, 0) is 12.7 Å². The monoisotopic (exact) mass is 525 g/mol. The smallest absolute Gasteiger partial charge is 0.416 e. The molecular formula is C29H30F3N3O3. The van der Waals surface area contributed by atoms with Crippen molar-refractivity contribution < 1.29 is 27.8 Å². The summed E-state index contributed by atoms with van der Waals surface area (Å²) >= 11 is 0. The summed E-state index contributed by atoms with van der Waals surface area (Å²) in [5.74, 6) is 0.806. The molecule has 3 aromatic carbocycles. The predicted octanol–water partition coefficient (Wildman–Crippen LogP) is 6.00. The minimum atomic E-state index is -4.51. The van der Waals surface area contributed by atoms with Crippen molar-refractivity contribution in [3.8, 4) is 11.4 Å². The van der Waals surface area contributed by atoms with Gasteiger partial charge in [0.2, 0.25) is 0 Å². The number of ether oxygens (including phenoxy) is 1. The third kappa shape index (κ3) is 5.52. The van der Waals surface area contributed by atoms with E-state index in [0.29, 0.717) is 34.8 Å². The van der Waals surface area contributed by atoms with E-state index in [9.17, 15) is 23.1 Å². The number of imidazole rings is 1. The van der Waals surface area contributed by atoms with Crippen LogP contribution < -0.4 is 4.74 Å². The van der Waals surface area contributed by atoms with Crippen LogP contribution in [0.5, 0.6) is 5.75 Å². The van der Waals surface area contributed by atoms with Crippen molar-refractivity contribution in [2.24, 2.45) is 0 Å². The molecule has 0 aliphatic heterocycles. The van der Waals surface area contributed by atoms with E-state index in [1.165, 1.54) is 6.07 Å². The normalized spacial score (nSPS) is 11.7. The molecule has 200 valence electrons. The number of aliphatic hydroxyl groups excluding tert-OH is 1. The Morgan fingerprint density at radius 1 is 1.03 bits per heavy atom. The lowest BCUT2D eigenvalue weighted by molar-refractivity contribution is -0.137. The second-order valence-corrected chi connectivity index (χ2v) is 9.34. The molecule has 1 amide bonds. The van der Waals surface area contributed by atoms with Gasteiger partial charge in [-0.05, 0) is 80.8 Å². The summed E-state index contributed by atoms with van der Waals surface area (Å²) in [5.41, 5.74) is 3.80. The zero-order chi connectivity index (χ0) is 27.6. The SMILES string of the molecule is COc1ccc(-n2c(CN(CCCO)C(=O)c3c(C)cc(C)cc3C)nc3cc(C(F)(F)F)ccc32)cc1. The molecule has 6 nitrogen and oxygen atoms in total. The third-order valence-corrected chi connectivity index (χ3v) is 6.48. The minimum Gasteiger partial charge on any atom is -0.497 e. The summed E-state index contributed by atoms with van der Waals surface area (Å²) in [7, 11) is 1.55. The number of methoxy groups -OCH3 is 1. The Balaban J connectivity index is 1.84. The highest BCUT2D eigenvalue weighted by Gasteiger charge is 2.31. The van der Waals surface area contributed by atoms with E-state index in [-0.39, 0.29) is 31.1 Å². The Labute approximate surface area is 219 Å². The highest BCUT2D eigenvalue weighted by atomic mass is 19.4. The van der Waals surface area contributed by atoms with Gasteiger partial charge in [-0.25, -0.2) is 4.98 Å². The lowest BCUT2D eigenvalue weighted by atomic mass is 9.98. The molecule has 0 bridgehead atoms. The third-order valence-electron chi connectivity index (χ3n) is 6.48. The van der Waals surface area contributed by atoms with Gasteiger partial charge >= 0.3 is 6.18 Å². The molecule has 0 saturated heterocycles. The van der Waals surface area contributed by atoms with Crippen LogP contribution in [0.4, 0.5) is 13.2 Å². The number of carbonyl (C=O) groups excluding carboxylic acids is 1. The highest BCUT2D eigenvalue weighted by Crippen LogP contribution is 2.33. The number of alkyl halides is 3. The van der Waals surface area contributed by atoms with Crippen molar-refractivity contribution in [3.63, 3.8) is 0 Å². The predicted molar refractivity (Wildman–Crippen MR) is 140 cm³/mol. The van der Waals surface area contributed by atoms with E-state index in [4.69, 9.17) is 4.74 Å². The Morgan fingerprint density at radius 2 is 1.68 bits per heavy atom. The average molecular weight is 526 g/mol. The van der Waals surface area contributed by atoms with Gasteiger partial charge in [0.25, 0.3) is 5.91 Å². The lowest BCUT2D eigenvalue weighted by Crippen LogP contribution is -2.34. The molecule has 0 radical (unpaired) electrons. The van der Waals surface area contributed by atoms with Crippen molar-refractivity contribution in [3.05, 3.63) is 88.2 Å². The Morgan fingerprint density at radius 3 is 2.26 bits per heavy atom. The number of hydrogen-bond donors (Lipinski definition) is 1. The van der Waals surface area contributed by atoms with Crippen LogP contribution in [0.3, 0.4) is 0 Å². The standard InChI is InChI=1S/C29H30F3N3O3/c1-18-14-19(2)27(20(3)15-18)28(37)34(12-5-13-36)17-26-33-24-16-21(29(30,31)32)6-11-25(24)35(26)22-7-9-23(38-4)10-8-22/h6-11,14-16,36H,5,12-13,17H2,1-4H3. The first-order valence-corrected chi connectivity index (χ1v) is 12.2. The maximum atomic E-state index is 13.8. The molecular weight excluding hydrogens is 495 g/mol. The van der Waals surface area contributed by atoms with Crippen molar-refractivity contribution in [1.29, 1.82) is 0 Å². The van der Waals surface area contributed by atoms with Gasteiger partial charge in [0, 0.05) is 24.4 Å². The fraction of sp³-hybridized carbons (Fsp3) is 0.310. The number of halogens is 3. The molecule has 0 unspecified atom stereocenters. The van der Waals surface area contributed by atoms with Crippen molar-refractivity contribution in [2.75, 3.05) is 20.3 Å². The summed E-state index contributed by atoms with van der Waals surface area (Å²) in [6.07, 6.45) is -4.17. The summed E-state index contributed by atoms with van der Waals surface area (Å²) in [6, 6.07) is 14.4. The second-order valence-electron chi connectivity index (χ2n) is 9.34. The van der Waals surface area contributed by atoms with E-state index in [1.54, 1.807) is 40.8 Å². The van der Waals surface area contributed by atoms with Crippen molar-refractivity contribution in [1.82, 2.24) is 14.5 Å². The number of hydrogen-bond acceptors (Lipinski definition) is 4. The largest absolute Gasteiger partial charge is 0.497 e. The first kappa shape index (κ1) is 27.2. The van der Waals surface area contributed by atoms with Crippen LogP contribution in [-0.4, -0.2) is 45.7 Å². The number of rotatable bonds is 8. The molecule has 0 saturated carbocycles. The van der Waals surface area contributed by atoms with E-state index >= 15 is 0 Å². The zero-order valence-corrected chi connectivity index (χ0v) is 21.8. The molecule has 9 heteroatoms. The number of carbonyl (C=O) groups is 1. The summed E-state index contributed by atoms with van der Waals surface area (Å²) < 4.78 is 47.4. The number of nitrogens with zero attached hydrogens (tertiary/aromatic N) is 3. The quantitative estimate of drug-likeness (QED) is 0.306. The molecule has 1 heterocycles. The van der Waals surface area contributed by atoms with Gasteiger partial charge in [-0.15, -0.1) is 0 Å². The fourth-order valence-electron chi connectivity index (χ4n) is 4.79. The van der Waals surface area contributed by atoms with E-state index in [1.807, 2.05) is 32.9 Å². The van der Waals surface area contributed by atoms with Gasteiger partial charge in [0.15, 0.2) is 0 Å². The first-order valence-electron chi connectivity index (χ1n) is 12.2. The molecule has 1 aromatic heterocycles. The van der Waals surface area contributed by atoms with Crippen LogP contribution in [0, 0.1) is 20.8 Å². The summed E-state index contributed by atoms with van der Waals surface area (Å²) in [6.45, 7) is 5.89. The van der Waals surface area contributed by atoms with Crippen molar-refractivity contribution >= 4 is 16.9 Å². The molecule has 4 rings (SSSR count). The highest BCUT2D eigenvalue weighted by molar-refractivity contribution is 5.97. The number of benzene rings is 3. The first-order chi connectivity index (χ1) is 18.0. The Hall–Kier alpha value is -3.85. The lowest BCUT2D eigenvalue weighted by Gasteiger charge is -2.25. The maximum absolute atomic E-state index is 13.8. The molecule has 0 fully saturated rings. The van der Waals surface area contributed by atoms with E-state index in [2.05, 4.69) is 4.98 Å². The molecule has 0 aliphatic rings. The molecule has 0 spiro atoms. The second kappa shape index (κ2) is 10.9. The van der Waals surface area contributed by atoms with Crippen LogP contribution in [0.1, 0.15) is 44.9 Å². The van der Waals surface area contributed by atoms with E-state index < -0.39 is 11.7 Å². The summed E-state index contributed by atoms with van der Waals surface area (Å²) in [5, 5.41) is 9.51. The molecule has 38 heavy (non-hydrogen) atoms. The van der Waals surface area contributed by atoms with Gasteiger partial charge in [0.1, 0.15) is 11.6 Å². The van der Waals surface area contributed by atoms with E-state index in [0.717, 1.165) is 28.8 Å². The summed E-state index contributed by atoms with van der Waals surface area (Å²) in [4.78, 5) is 19.9. The molecule has 0 atom stereocenters. The maximum Gasteiger partial charge on any atom is 0.416 e. The van der Waals surface area contributed by atoms with Gasteiger partial charge < -0.3 is 14.7 Å². The minimum absolute atomic E-state index is 0.0354. The van der Waals surface area contributed by atoms with Gasteiger partial charge in [-0.3, -0.25) is 9.36 Å². The zero-order valence-electron chi connectivity index (χ0n) is 21.8. The topological polar surface area (TPSA) is 67.6 Å². The van der Waals surface area contributed by atoms with Crippen LogP contribution >= 0.6 is 0 Å². The number of amides is 1. The van der Waals surface area contributed by atoms with Crippen molar-refractivity contribution in [2.45, 2.75) is 39.9 Å². The Bertz CT molecular complexity index is 1440. The van der Waals surface area contributed by atoms with Crippen LogP contribution in [0.2, 0.25) is 0 Å². The number of aryl methyl sites for hydroxylation is 3. The van der Waals surface area contributed by atoms with Crippen LogP contribution in [0.25, 0.3) is 16.7 Å². The Kier molecular flexibility index (Phi) is 7.78. The van der Waals surface area contributed by atoms with Gasteiger partial charge in [-0.1, -0.05) is 17.7 Å².